The lowest BCUT2D eigenvalue weighted by atomic mass is 9.76. The molecule has 3 aliphatic rings. The van der Waals surface area contributed by atoms with Crippen LogP contribution in [0.15, 0.2) is 150 Å². The maximum Gasteiger partial charge on any atom is 0.170 e. The average molecular weight is 705 g/mol. The molecule has 6 heterocycles. The van der Waals surface area contributed by atoms with Crippen molar-refractivity contribution in [1.29, 1.82) is 0 Å². The van der Waals surface area contributed by atoms with E-state index in [4.69, 9.17) is 24.4 Å². The first-order valence-corrected chi connectivity index (χ1v) is 18.6. The van der Waals surface area contributed by atoms with Crippen LogP contribution in [-0.4, -0.2) is 29.1 Å². The first-order valence-electron chi connectivity index (χ1n) is 18.6. The van der Waals surface area contributed by atoms with Gasteiger partial charge in [-0.15, -0.1) is 0 Å². The van der Waals surface area contributed by atoms with Gasteiger partial charge in [0.05, 0.1) is 22.0 Å². The van der Waals surface area contributed by atoms with E-state index in [1.165, 1.54) is 33.3 Å². The SMILES string of the molecule is C1=CC23C=Cc4c2n(c2ccccc42)-c2c(nc4c(oc5ccccc54)c2-c2nc(-c4ccccc4)nc(-c4ccccc4)n2)-n2c(c1c1ccccc12)C3. The molecule has 1 aliphatic heterocycles. The second kappa shape index (κ2) is 10.4. The Kier molecular flexibility index (Phi) is 5.50. The van der Waals surface area contributed by atoms with Crippen molar-refractivity contribution >= 4 is 56.0 Å². The number of hydrogen-bond acceptors (Lipinski definition) is 5. The van der Waals surface area contributed by atoms with Crippen LogP contribution in [0.1, 0.15) is 22.5 Å². The average Bonchev–Trinajstić information content (AvgIpc) is 3.98. The largest absolute Gasteiger partial charge is 0.453 e. The van der Waals surface area contributed by atoms with Crippen molar-refractivity contribution in [2.75, 3.05) is 0 Å². The van der Waals surface area contributed by atoms with Crippen LogP contribution in [0.5, 0.6) is 0 Å². The molecule has 1 spiro atoms. The first kappa shape index (κ1) is 29.1. The minimum atomic E-state index is -0.380. The molecule has 2 bridgehead atoms. The number of nitrogens with zero attached hydrogens (tertiary/aromatic N) is 6. The molecule has 1 atom stereocenters. The number of para-hydroxylation sites is 3. The Hall–Kier alpha value is -7.38. The number of benzene rings is 5. The van der Waals surface area contributed by atoms with Gasteiger partial charge in [0.25, 0.3) is 0 Å². The van der Waals surface area contributed by atoms with Crippen LogP contribution in [0.2, 0.25) is 0 Å². The third kappa shape index (κ3) is 3.78. The number of rotatable bonds is 3. The van der Waals surface area contributed by atoms with Gasteiger partial charge in [0.2, 0.25) is 0 Å². The molecule has 1 unspecified atom stereocenters. The zero-order valence-electron chi connectivity index (χ0n) is 29.3. The molecule has 5 aromatic heterocycles. The van der Waals surface area contributed by atoms with Crippen LogP contribution in [0, 0.1) is 0 Å². The van der Waals surface area contributed by atoms with Gasteiger partial charge >= 0.3 is 0 Å². The van der Waals surface area contributed by atoms with E-state index in [0.717, 1.165) is 62.1 Å². The van der Waals surface area contributed by atoms with E-state index in [2.05, 4.69) is 88.0 Å². The smallest absolute Gasteiger partial charge is 0.170 e. The number of hydrogen-bond donors (Lipinski definition) is 0. The highest BCUT2D eigenvalue weighted by molar-refractivity contribution is 6.11. The molecule has 10 aromatic rings. The Morgan fingerprint density at radius 1 is 0.527 bits per heavy atom. The normalized spacial score (nSPS) is 16.2. The Labute approximate surface area is 314 Å². The van der Waals surface area contributed by atoms with Crippen molar-refractivity contribution in [2.24, 2.45) is 0 Å². The maximum absolute atomic E-state index is 6.95. The Morgan fingerprint density at radius 2 is 1.09 bits per heavy atom. The monoisotopic (exact) mass is 704 g/mol. The lowest BCUT2D eigenvalue weighted by molar-refractivity contribution is 0.606. The Morgan fingerprint density at radius 3 is 1.80 bits per heavy atom. The summed E-state index contributed by atoms with van der Waals surface area (Å²) in [5.74, 6) is 2.50. The van der Waals surface area contributed by atoms with E-state index in [0.29, 0.717) is 23.1 Å². The van der Waals surface area contributed by atoms with E-state index in [-0.39, 0.29) is 5.41 Å². The summed E-state index contributed by atoms with van der Waals surface area (Å²) in [6.45, 7) is 0. The molecule has 7 nitrogen and oxygen atoms in total. The molecular formula is C48H28N6O. The second-order valence-corrected chi connectivity index (χ2v) is 14.7. The summed E-state index contributed by atoms with van der Waals surface area (Å²) < 4.78 is 11.8. The van der Waals surface area contributed by atoms with Gasteiger partial charge in [0.1, 0.15) is 16.8 Å². The van der Waals surface area contributed by atoms with Gasteiger partial charge in [-0.25, -0.2) is 19.9 Å². The molecule has 55 heavy (non-hydrogen) atoms. The van der Waals surface area contributed by atoms with Crippen LogP contribution >= 0.6 is 0 Å². The molecular weight excluding hydrogens is 677 g/mol. The molecule has 0 radical (unpaired) electrons. The summed E-state index contributed by atoms with van der Waals surface area (Å²) in [7, 11) is 0. The van der Waals surface area contributed by atoms with Crippen molar-refractivity contribution in [3.05, 3.63) is 168 Å². The number of aromatic nitrogens is 6. The summed E-state index contributed by atoms with van der Waals surface area (Å²) in [5, 5.41) is 3.33. The van der Waals surface area contributed by atoms with E-state index >= 15 is 0 Å². The van der Waals surface area contributed by atoms with Crippen LogP contribution in [0.3, 0.4) is 0 Å². The molecule has 0 N–H and O–H groups in total. The van der Waals surface area contributed by atoms with Gasteiger partial charge in [-0.1, -0.05) is 133 Å². The minimum Gasteiger partial charge on any atom is -0.453 e. The fraction of sp³-hybridized carbons (Fsp3) is 0.0417. The van der Waals surface area contributed by atoms with Crippen molar-refractivity contribution in [2.45, 2.75) is 11.8 Å². The number of furan rings is 1. The third-order valence-electron chi connectivity index (χ3n) is 11.7. The van der Waals surface area contributed by atoms with Gasteiger partial charge in [0, 0.05) is 56.2 Å². The van der Waals surface area contributed by atoms with E-state index in [1.54, 1.807) is 0 Å². The zero-order chi connectivity index (χ0) is 35.8. The van der Waals surface area contributed by atoms with E-state index < -0.39 is 0 Å². The fourth-order valence-corrected chi connectivity index (χ4v) is 9.39. The summed E-state index contributed by atoms with van der Waals surface area (Å²) in [4.78, 5) is 21.5. The van der Waals surface area contributed by atoms with E-state index in [1.807, 2.05) is 78.9 Å². The third-order valence-corrected chi connectivity index (χ3v) is 11.7. The van der Waals surface area contributed by atoms with Gasteiger partial charge in [0.15, 0.2) is 28.9 Å². The maximum atomic E-state index is 6.95. The Bertz CT molecular complexity index is 3290. The quantitative estimate of drug-likeness (QED) is 0.183. The minimum absolute atomic E-state index is 0.380. The van der Waals surface area contributed by atoms with Crippen LogP contribution < -0.4 is 0 Å². The highest BCUT2D eigenvalue weighted by Gasteiger charge is 2.45. The highest BCUT2D eigenvalue weighted by Crippen LogP contribution is 2.54. The zero-order valence-corrected chi connectivity index (χ0v) is 29.3. The van der Waals surface area contributed by atoms with Crippen LogP contribution in [0.25, 0.3) is 102 Å². The van der Waals surface area contributed by atoms with Gasteiger partial charge in [-0.3, -0.25) is 4.57 Å². The van der Waals surface area contributed by atoms with Crippen molar-refractivity contribution in [1.82, 2.24) is 29.1 Å². The van der Waals surface area contributed by atoms with Crippen molar-refractivity contribution in [3.8, 4) is 45.7 Å². The Balaban J connectivity index is 1.29. The molecule has 2 aliphatic carbocycles. The highest BCUT2D eigenvalue weighted by atomic mass is 16.3. The van der Waals surface area contributed by atoms with Crippen LogP contribution in [-0.2, 0) is 11.8 Å². The standard InChI is InChI=1S/C48H28N6O/c1-3-13-28(14-4-1)44-50-45(29-15-5-2-6-16-29)52-46(51-44)39-41-47(49-40-34-19-9-12-22-38(34)55-42(39)40)53-35-20-10-7-17-30(35)32-23-25-48(27-37(32)53)26-24-33-31-18-8-11-21-36(31)54(41)43(33)48/h1-26H,27H2. The topological polar surface area (TPSA) is 74.6 Å². The van der Waals surface area contributed by atoms with E-state index in [9.17, 15) is 0 Å². The molecule has 5 aromatic carbocycles. The van der Waals surface area contributed by atoms with Crippen molar-refractivity contribution < 1.29 is 4.42 Å². The summed E-state index contributed by atoms with van der Waals surface area (Å²) in [6, 6.07) is 45.8. The number of pyridine rings is 1. The summed E-state index contributed by atoms with van der Waals surface area (Å²) >= 11 is 0. The molecule has 0 amide bonds. The summed E-state index contributed by atoms with van der Waals surface area (Å²) in [5.41, 5.74) is 12.3. The van der Waals surface area contributed by atoms with Crippen LogP contribution in [0.4, 0.5) is 0 Å². The van der Waals surface area contributed by atoms with Crippen molar-refractivity contribution in [3.63, 3.8) is 0 Å². The molecule has 0 saturated heterocycles. The molecule has 0 saturated carbocycles. The predicted octanol–water partition coefficient (Wildman–Crippen LogP) is 10.9. The van der Waals surface area contributed by atoms with Gasteiger partial charge in [-0.05, 0) is 24.3 Å². The lowest BCUT2D eigenvalue weighted by Crippen LogP contribution is -2.31. The van der Waals surface area contributed by atoms with Gasteiger partial charge < -0.3 is 8.98 Å². The molecule has 7 heteroatoms. The predicted molar refractivity (Wildman–Crippen MR) is 218 cm³/mol. The molecule has 13 rings (SSSR count). The van der Waals surface area contributed by atoms with Gasteiger partial charge in [-0.2, -0.15) is 0 Å². The second-order valence-electron chi connectivity index (χ2n) is 14.7. The number of fused-ring (bicyclic) bond motifs is 12. The molecule has 0 fully saturated rings. The molecule has 256 valence electrons. The summed E-state index contributed by atoms with van der Waals surface area (Å²) in [6.07, 6.45) is 10.3. The number of allylic oxidation sites excluding steroid dienone is 2. The fourth-order valence-electron chi connectivity index (χ4n) is 9.39. The first-order chi connectivity index (χ1) is 27.2. The lowest BCUT2D eigenvalue weighted by Gasteiger charge is -2.34.